The average Bonchev–Trinajstić information content (AvgIpc) is 2.67. The van der Waals surface area contributed by atoms with Crippen LogP contribution in [0.4, 0.5) is 0 Å². The third-order valence-electron chi connectivity index (χ3n) is 2.82. The molecule has 2 aromatic rings. The number of aryl methyl sites for hydroxylation is 3. The molecule has 1 aromatic carbocycles. The van der Waals surface area contributed by atoms with Crippen LogP contribution in [0.25, 0.3) is 0 Å². The van der Waals surface area contributed by atoms with Crippen LogP contribution in [0.15, 0.2) is 30.5 Å². The predicted octanol–water partition coefficient (Wildman–Crippen LogP) is 2.09. The number of nitrogens with zero attached hydrogens (tertiary/aromatic N) is 2. The summed E-state index contributed by atoms with van der Waals surface area (Å²) in [5, 5.41) is 4.35. The molecule has 0 bridgehead atoms. The molecule has 0 amide bonds. The predicted molar refractivity (Wildman–Crippen MR) is 65.2 cm³/mol. The summed E-state index contributed by atoms with van der Waals surface area (Å²) < 4.78 is 1.78. The number of hydrogen-bond acceptors (Lipinski definition) is 2. The lowest BCUT2D eigenvalue weighted by Gasteiger charge is -2.13. The topological polar surface area (TPSA) is 43.8 Å². The zero-order chi connectivity index (χ0) is 11.7. The van der Waals surface area contributed by atoms with E-state index in [1.807, 2.05) is 19.3 Å². The second-order valence-corrected chi connectivity index (χ2v) is 4.25. The monoisotopic (exact) mass is 215 g/mol. The number of rotatable bonds is 2. The summed E-state index contributed by atoms with van der Waals surface area (Å²) in [5.41, 5.74) is 10.7. The molecule has 0 aliphatic heterocycles. The molecule has 16 heavy (non-hydrogen) atoms. The smallest absolute Gasteiger partial charge is 0.0837 e. The lowest BCUT2D eigenvalue weighted by Crippen LogP contribution is -2.14. The summed E-state index contributed by atoms with van der Waals surface area (Å²) in [4.78, 5) is 0. The third kappa shape index (κ3) is 1.99. The van der Waals surface area contributed by atoms with E-state index in [-0.39, 0.29) is 6.04 Å². The zero-order valence-corrected chi connectivity index (χ0v) is 9.94. The molecular formula is C13H17N3. The van der Waals surface area contributed by atoms with Crippen molar-refractivity contribution < 1.29 is 0 Å². The maximum Gasteiger partial charge on any atom is 0.0837 e. The summed E-state index contributed by atoms with van der Waals surface area (Å²) in [6, 6.07) is 8.17. The van der Waals surface area contributed by atoms with Crippen LogP contribution in [0.1, 0.15) is 28.4 Å². The van der Waals surface area contributed by atoms with Gasteiger partial charge in [0.25, 0.3) is 0 Å². The highest BCUT2D eigenvalue weighted by Crippen LogP contribution is 2.22. The molecule has 84 valence electrons. The summed E-state index contributed by atoms with van der Waals surface area (Å²) in [6.07, 6.45) is 1.92. The van der Waals surface area contributed by atoms with E-state index < -0.39 is 0 Å². The lowest BCUT2D eigenvalue weighted by molar-refractivity contribution is 0.714. The highest BCUT2D eigenvalue weighted by atomic mass is 15.3. The SMILES string of the molecule is Cc1ccc(C)c(C(N)c2ccn(C)n2)c1. The quantitative estimate of drug-likeness (QED) is 0.833. The van der Waals surface area contributed by atoms with E-state index in [1.54, 1.807) is 4.68 Å². The van der Waals surface area contributed by atoms with E-state index in [2.05, 4.69) is 37.1 Å². The fourth-order valence-electron chi connectivity index (χ4n) is 1.85. The van der Waals surface area contributed by atoms with Gasteiger partial charge in [0.05, 0.1) is 11.7 Å². The van der Waals surface area contributed by atoms with E-state index in [4.69, 9.17) is 5.73 Å². The number of hydrogen-bond donors (Lipinski definition) is 1. The van der Waals surface area contributed by atoms with Crippen molar-refractivity contribution in [3.05, 3.63) is 52.8 Å². The van der Waals surface area contributed by atoms with Gasteiger partial charge in [-0.25, -0.2) is 0 Å². The first-order valence-electron chi connectivity index (χ1n) is 5.40. The van der Waals surface area contributed by atoms with Crippen LogP contribution in [-0.4, -0.2) is 9.78 Å². The molecule has 0 fully saturated rings. The van der Waals surface area contributed by atoms with Gasteiger partial charge in [-0.15, -0.1) is 0 Å². The molecule has 0 saturated heterocycles. The Labute approximate surface area is 95.9 Å². The molecule has 0 aliphatic rings. The highest BCUT2D eigenvalue weighted by Gasteiger charge is 2.13. The first-order chi connectivity index (χ1) is 7.58. The molecule has 1 heterocycles. The molecule has 0 saturated carbocycles. The Hall–Kier alpha value is -1.61. The van der Waals surface area contributed by atoms with Crippen molar-refractivity contribution in [1.29, 1.82) is 0 Å². The van der Waals surface area contributed by atoms with Crippen molar-refractivity contribution in [3.8, 4) is 0 Å². The molecule has 2 N–H and O–H groups in total. The lowest BCUT2D eigenvalue weighted by atomic mass is 9.97. The molecule has 0 spiro atoms. The number of aromatic nitrogens is 2. The Morgan fingerprint density at radius 3 is 2.62 bits per heavy atom. The molecule has 0 radical (unpaired) electrons. The molecule has 1 atom stereocenters. The number of benzene rings is 1. The Morgan fingerprint density at radius 1 is 1.25 bits per heavy atom. The second-order valence-electron chi connectivity index (χ2n) is 4.25. The van der Waals surface area contributed by atoms with E-state index in [1.165, 1.54) is 11.1 Å². The Morgan fingerprint density at radius 2 is 2.00 bits per heavy atom. The van der Waals surface area contributed by atoms with E-state index in [0.717, 1.165) is 11.3 Å². The first kappa shape index (κ1) is 10.9. The van der Waals surface area contributed by atoms with Crippen LogP contribution >= 0.6 is 0 Å². The van der Waals surface area contributed by atoms with Gasteiger partial charge in [-0.1, -0.05) is 23.8 Å². The fraction of sp³-hybridized carbons (Fsp3) is 0.308. The standard InChI is InChI=1S/C13H17N3/c1-9-4-5-10(2)11(8-9)13(14)12-6-7-16(3)15-12/h4-8,13H,14H2,1-3H3. The van der Waals surface area contributed by atoms with Crippen molar-refractivity contribution >= 4 is 0 Å². The van der Waals surface area contributed by atoms with Gasteiger partial charge in [0, 0.05) is 13.2 Å². The summed E-state index contributed by atoms with van der Waals surface area (Å²) >= 11 is 0. The van der Waals surface area contributed by atoms with Crippen molar-refractivity contribution in [1.82, 2.24) is 9.78 Å². The minimum absolute atomic E-state index is 0.138. The Bertz CT molecular complexity index is 500. The molecule has 3 heteroatoms. The Balaban J connectivity index is 2.40. The van der Waals surface area contributed by atoms with E-state index in [0.29, 0.717) is 0 Å². The van der Waals surface area contributed by atoms with E-state index in [9.17, 15) is 0 Å². The van der Waals surface area contributed by atoms with Crippen molar-refractivity contribution in [2.24, 2.45) is 12.8 Å². The molecular weight excluding hydrogens is 198 g/mol. The van der Waals surface area contributed by atoms with Crippen LogP contribution in [0.3, 0.4) is 0 Å². The average molecular weight is 215 g/mol. The highest BCUT2D eigenvalue weighted by molar-refractivity contribution is 5.36. The maximum atomic E-state index is 6.22. The van der Waals surface area contributed by atoms with E-state index >= 15 is 0 Å². The zero-order valence-electron chi connectivity index (χ0n) is 9.94. The maximum absolute atomic E-state index is 6.22. The molecule has 3 nitrogen and oxygen atoms in total. The normalized spacial score (nSPS) is 12.8. The number of nitrogens with two attached hydrogens (primary N) is 1. The van der Waals surface area contributed by atoms with Gasteiger partial charge in [0.15, 0.2) is 0 Å². The van der Waals surface area contributed by atoms with Crippen molar-refractivity contribution in [3.63, 3.8) is 0 Å². The molecule has 2 rings (SSSR count). The van der Waals surface area contributed by atoms with Gasteiger partial charge in [-0.2, -0.15) is 5.10 Å². The van der Waals surface area contributed by atoms with Gasteiger partial charge in [-0.3, -0.25) is 4.68 Å². The van der Waals surface area contributed by atoms with Gasteiger partial charge >= 0.3 is 0 Å². The van der Waals surface area contributed by atoms with Crippen molar-refractivity contribution in [2.75, 3.05) is 0 Å². The van der Waals surface area contributed by atoms with Crippen LogP contribution in [0.2, 0.25) is 0 Å². The largest absolute Gasteiger partial charge is 0.319 e. The summed E-state index contributed by atoms with van der Waals surface area (Å²) in [5.74, 6) is 0. The summed E-state index contributed by atoms with van der Waals surface area (Å²) in [7, 11) is 1.90. The van der Waals surface area contributed by atoms with Crippen LogP contribution in [0.5, 0.6) is 0 Å². The Kier molecular flexibility index (Phi) is 2.79. The summed E-state index contributed by atoms with van der Waals surface area (Å²) in [6.45, 7) is 4.16. The fourth-order valence-corrected chi connectivity index (χ4v) is 1.85. The van der Waals surface area contributed by atoms with Gasteiger partial charge < -0.3 is 5.73 Å². The minimum atomic E-state index is -0.138. The van der Waals surface area contributed by atoms with Gasteiger partial charge in [-0.05, 0) is 31.0 Å². The van der Waals surface area contributed by atoms with Crippen molar-refractivity contribution in [2.45, 2.75) is 19.9 Å². The third-order valence-corrected chi connectivity index (χ3v) is 2.82. The van der Waals surface area contributed by atoms with Crippen LogP contribution in [0, 0.1) is 13.8 Å². The molecule has 1 aromatic heterocycles. The van der Waals surface area contributed by atoms with Gasteiger partial charge in [0.2, 0.25) is 0 Å². The molecule has 1 unspecified atom stereocenters. The van der Waals surface area contributed by atoms with Gasteiger partial charge in [0.1, 0.15) is 0 Å². The first-order valence-corrected chi connectivity index (χ1v) is 5.40. The van der Waals surface area contributed by atoms with Crippen LogP contribution < -0.4 is 5.73 Å². The van der Waals surface area contributed by atoms with Crippen LogP contribution in [-0.2, 0) is 7.05 Å². The minimum Gasteiger partial charge on any atom is -0.319 e. The molecule has 0 aliphatic carbocycles. The second kappa shape index (κ2) is 4.10.